The average Bonchev–Trinajstić information content (AvgIpc) is 2.34. The maximum absolute atomic E-state index is 10.9. The predicted octanol–water partition coefficient (Wildman–Crippen LogP) is 1.02. The van der Waals surface area contributed by atoms with Gasteiger partial charge in [-0.15, -0.1) is 0 Å². The molecule has 0 aliphatic carbocycles. The lowest BCUT2D eigenvalue weighted by molar-refractivity contribution is -0.146. The van der Waals surface area contributed by atoms with Crippen LogP contribution in [0.25, 0.3) is 0 Å². The summed E-state index contributed by atoms with van der Waals surface area (Å²) < 4.78 is 5.17. The molecule has 1 atom stereocenters. The van der Waals surface area contributed by atoms with E-state index in [0.717, 1.165) is 11.1 Å². The van der Waals surface area contributed by atoms with Gasteiger partial charge in [0.05, 0.1) is 13.5 Å². The van der Waals surface area contributed by atoms with Crippen LogP contribution in [-0.4, -0.2) is 35.3 Å². The smallest absolute Gasteiger partial charge is 0.321 e. The van der Waals surface area contributed by atoms with Crippen molar-refractivity contribution in [2.24, 2.45) is 0 Å². The first kappa shape index (κ1) is 15.0. The van der Waals surface area contributed by atoms with Gasteiger partial charge in [-0.05, 0) is 13.0 Å². The molecule has 1 aromatic carbocycles. The van der Waals surface area contributed by atoms with Crippen LogP contribution in [0.3, 0.4) is 0 Å². The third-order valence-electron chi connectivity index (χ3n) is 2.65. The van der Waals surface area contributed by atoms with Gasteiger partial charge in [0.1, 0.15) is 11.8 Å². The maximum Gasteiger partial charge on any atom is 0.321 e. The van der Waals surface area contributed by atoms with Crippen LogP contribution < -0.4 is 10.1 Å². The van der Waals surface area contributed by atoms with Crippen molar-refractivity contribution >= 4 is 11.9 Å². The van der Waals surface area contributed by atoms with Gasteiger partial charge in [-0.3, -0.25) is 14.9 Å². The zero-order valence-corrected chi connectivity index (χ0v) is 10.8. The second-order valence-electron chi connectivity index (χ2n) is 4.18. The van der Waals surface area contributed by atoms with Crippen molar-refractivity contribution in [1.82, 2.24) is 5.32 Å². The molecular formula is C13H17NO5. The number of aryl methyl sites for hydroxylation is 1. The van der Waals surface area contributed by atoms with E-state index in [1.54, 1.807) is 6.07 Å². The molecule has 0 saturated carbocycles. The number of nitrogens with one attached hydrogen (secondary N) is 1. The SMILES string of the molecule is COc1ccc(C)cc1CNC(CC(=O)O)C(=O)O. The van der Waals surface area contributed by atoms with Crippen LogP contribution in [0.5, 0.6) is 5.75 Å². The normalized spacial score (nSPS) is 11.9. The number of hydrogen-bond acceptors (Lipinski definition) is 4. The van der Waals surface area contributed by atoms with Crippen molar-refractivity contribution in [3.05, 3.63) is 29.3 Å². The van der Waals surface area contributed by atoms with Gasteiger partial charge < -0.3 is 14.9 Å². The molecule has 0 amide bonds. The van der Waals surface area contributed by atoms with E-state index >= 15 is 0 Å². The van der Waals surface area contributed by atoms with Crippen LogP contribution in [0.2, 0.25) is 0 Å². The number of methoxy groups -OCH3 is 1. The molecule has 0 spiro atoms. The van der Waals surface area contributed by atoms with Crippen LogP contribution in [0.15, 0.2) is 18.2 Å². The fraction of sp³-hybridized carbons (Fsp3) is 0.385. The summed E-state index contributed by atoms with van der Waals surface area (Å²) in [4.78, 5) is 21.5. The largest absolute Gasteiger partial charge is 0.496 e. The molecule has 104 valence electrons. The van der Waals surface area contributed by atoms with Gasteiger partial charge in [0.2, 0.25) is 0 Å². The molecule has 1 aromatic rings. The zero-order chi connectivity index (χ0) is 14.4. The summed E-state index contributed by atoms with van der Waals surface area (Å²) in [7, 11) is 1.53. The summed E-state index contributed by atoms with van der Waals surface area (Å²) in [6.45, 7) is 2.14. The lowest BCUT2D eigenvalue weighted by Gasteiger charge is -2.14. The second kappa shape index (κ2) is 6.75. The third kappa shape index (κ3) is 4.59. The van der Waals surface area contributed by atoms with Gasteiger partial charge in [0.15, 0.2) is 0 Å². The van der Waals surface area contributed by atoms with Crippen molar-refractivity contribution in [3.8, 4) is 5.75 Å². The minimum absolute atomic E-state index is 0.231. The highest BCUT2D eigenvalue weighted by molar-refractivity contribution is 5.80. The molecule has 0 bridgehead atoms. The van der Waals surface area contributed by atoms with Crippen molar-refractivity contribution in [1.29, 1.82) is 0 Å². The summed E-state index contributed by atoms with van der Waals surface area (Å²) in [6, 6.07) is 4.42. The van der Waals surface area contributed by atoms with E-state index in [-0.39, 0.29) is 6.54 Å². The molecule has 3 N–H and O–H groups in total. The van der Waals surface area contributed by atoms with E-state index < -0.39 is 24.4 Å². The number of benzene rings is 1. The number of carbonyl (C=O) groups is 2. The zero-order valence-electron chi connectivity index (χ0n) is 10.8. The van der Waals surface area contributed by atoms with E-state index in [1.807, 2.05) is 19.1 Å². The van der Waals surface area contributed by atoms with Gasteiger partial charge in [-0.1, -0.05) is 17.7 Å². The monoisotopic (exact) mass is 267 g/mol. The predicted molar refractivity (Wildman–Crippen MR) is 68.2 cm³/mol. The standard InChI is InChI=1S/C13H17NO5/c1-8-3-4-11(19-2)9(5-8)7-14-10(13(17)18)6-12(15)16/h3-5,10,14H,6-7H2,1-2H3,(H,15,16)(H,17,18). The quantitative estimate of drug-likeness (QED) is 0.682. The Kier molecular flexibility index (Phi) is 5.32. The van der Waals surface area contributed by atoms with E-state index in [1.165, 1.54) is 7.11 Å². The molecular weight excluding hydrogens is 250 g/mol. The van der Waals surface area contributed by atoms with Crippen LogP contribution in [0, 0.1) is 6.92 Å². The first-order valence-electron chi connectivity index (χ1n) is 5.75. The summed E-state index contributed by atoms with van der Waals surface area (Å²) in [5, 5.41) is 20.3. The van der Waals surface area contributed by atoms with Gasteiger partial charge in [-0.25, -0.2) is 0 Å². The van der Waals surface area contributed by atoms with Crippen LogP contribution >= 0.6 is 0 Å². The number of hydrogen-bond donors (Lipinski definition) is 3. The number of carboxylic acid groups (broad SMARTS) is 2. The Morgan fingerprint density at radius 2 is 2.05 bits per heavy atom. The minimum atomic E-state index is -1.19. The minimum Gasteiger partial charge on any atom is -0.496 e. The van der Waals surface area contributed by atoms with Crippen LogP contribution in [0.1, 0.15) is 17.5 Å². The molecule has 0 radical (unpaired) electrons. The Morgan fingerprint density at radius 3 is 2.58 bits per heavy atom. The molecule has 0 fully saturated rings. The van der Waals surface area contributed by atoms with Crippen molar-refractivity contribution in [2.45, 2.75) is 25.9 Å². The highest BCUT2D eigenvalue weighted by atomic mass is 16.5. The fourth-order valence-corrected chi connectivity index (χ4v) is 1.70. The number of aliphatic carboxylic acids is 2. The van der Waals surface area contributed by atoms with E-state index in [4.69, 9.17) is 14.9 Å². The third-order valence-corrected chi connectivity index (χ3v) is 2.65. The van der Waals surface area contributed by atoms with Gasteiger partial charge >= 0.3 is 11.9 Å². The van der Waals surface area contributed by atoms with Crippen molar-refractivity contribution in [3.63, 3.8) is 0 Å². The summed E-state index contributed by atoms with van der Waals surface area (Å²) in [5.41, 5.74) is 1.81. The molecule has 6 nitrogen and oxygen atoms in total. The average molecular weight is 267 g/mol. The first-order valence-corrected chi connectivity index (χ1v) is 5.75. The number of carboxylic acids is 2. The van der Waals surface area contributed by atoms with E-state index in [2.05, 4.69) is 5.32 Å². The number of rotatable bonds is 7. The Balaban J connectivity index is 2.76. The van der Waals surface area contributed by atoms with Gasteiger partial charge in [-0.2, -0.15) is 0 Å². The Morgan fingerprint density at radius 1 is 1.37 bits per heavy atom. The molecule has 0 aliphatic heterocycles. The van der Waals surface area contributed by atoms with Gasteiger partial charge in [0, 0.05) is 12.1 Å². The number of ether oxygens (including phenoxy) is 1. The van der Waals surface area contributed by atoms with Gasteiger partial charge in [0.25, 0.3) is 0 Å². The fourth-order valence-electron chi connectivity index (χ4n) is 1.70. The molecule has 1 rings (SSSR count). The lowest BCUT2D eigenvalue weighted by atomic mass is 10.1. The molecule has 0 aliphatic rings. The van der Waals surface area contributed by atoms with Crippen molar-refractivity contribution < 1.29 is 24.5 Å². The summed E-state index contributed by atoms with van der Waals surface area (Å²) >= 11 is 0. The second-order valence-corrected chi connectivity index (χ2v) is 4.18. The molecule has 19 heavy (non-hydrogen) atoms. The molecule has 6 heteroatoms. The molecule has 0 saturated heterocycles. The Bertz CT molecular complexity index is 472. The van der Waals surface area contributed by atoms with Crippen LogP contribution in [-0.2, 0) is 16.1 Å². The molecule has 1 unspecified atom stereocenters. The Hall–Kier alpha value is -2.08. The van der Waals surface area contributed by atoms with E-state index in [0.29, 0.717) is 5.75 Å². The summed E-state index contributed by atoms with van der Waals surface area (Å²) in [5.74, 6) is -1.71. The molecule has 0 aromatic heterocycles. The van der Waals surface area contributed by atoms with Crippen LogP contribution in [0.4, 0.5) is 0 Å². The lowest BCUT2D eigenvalue weighted by Crippen LogP contribution is -2.38. The highest BCUT2D eigenvalue weighted by Gasteiger charge is 2.20. The highest BCUT2D eigenvalue weighted by Crippen LogP contribution is 2.19. The van der Waals surface area contributed by atoms with Crippen molar-refractivity contribution in [2.75, 3.05) is 7.11 Å². The van der Waals surface area contributed by atoms with E-state index in [9.17, 15) is 9.59 Å². The maximum atomic E-state index is 10.9. The topological polar surface area (TPSA) is 95.9 Å². The summed E-state index contributed by atoms with van der Waals surface area (Å²) in [6.07, 6.45) is -0.469. The first-order chi connectivity index (χ1) is 8.93. The Labute approximate surface area is 111 Å². The molecule has 0 heterocycles.